The molecule has 3 N–H and O–H groups in total. The van der Waals surface area contributed by atoms with Crippen molar-refractivity contribution in [3.8, 4) is 0 Å². The lowest BCUT2D eigenvalue weighted by Gasteiger charge is -2.24. The molecule has 4 nitrogen and oxygen atoms in total. The van der Waals surface area contributed by atoms with E-state index in [4.69, 9.17) is 18.0 Å². The highest BCUT2D eigenvalue weighted by Gasteiger charge is 2.20. The summed E-state index contributed by atoms with van der Waals surface area (Å²) in [5, 5.41) is 2.87. The number of nitrogens with one attached hydrogen (secondary N) is 1. The fraction of sp³-hybridized carbons (Fsp3) is 0.846. The van der Waals surface area contributed by atoms with Crippen LogP contribution in [0.2, 0.25) is 0 Å². The maximum atomic E-state index is 11.5. The van der Waals surface area contributed by atoms with Crippen LogP contribution in [0.15, 0.2) is 0 Å². The second-order valence-corrected chi connectivity index (χ2v) is 5.88. The molecule has 0 bridgehead atoms. The van der Waals surface area contributed by atoms with Crippen LogP contribution in [0.25, 0.3) is 0 Å². The lowest BCUT2D eigenvalue weighted by atomic mass is 9.88. The first-order valence-electron chi connectivity index (χ1n) is 6.54. The summed E-state index contributed by atoms with van der Waals surface area (Å²) in [6, 6.07) is 0. The molecule has 0 saturated heterocycles. The third kappa shape index (κ3) is 7.61. The topological polar surface area (TPSA) is 58.4 Å². The first-order chi connectivity index (χ1) is 8.29. The molecule has 5 heteroatoms. The van der Waals surface area contributed by atoms with Gasteiger partial charge in [0.1, 0.15) is 0 Å². The predicted molar refractivity (Wildman–Crippen MR) is 80.6 cm³/mol. The van der Waals surface area contributed by atoms with Crippen molar-refractivity contribution >= 4 is 23.1 Å². The minimum absolute atomic E-state index is 0.0907. The smallest absolute Gasteiger partial charge is 0.234 e. The molecular weight excluding hydrogens is 246 g/mol. The number of rotatable bonds is 9. The Kier molecular flexibility index (Phi) is 8.11. The molecule has 0 atom stereocenters. The molecule has 0 aromatic rings. The highest BCUT2D eigenvalue weighted by molar-refractivity contribution is 7.80. The van der Waals surface area contributed by atoms with Gasteiger partial charge in [-0.1, -0.05) is 33.0 Å². The molecule has 0 aliphatic heterocycles. The van der Waals surface area contributed by atoms with Gasteiger partial charge in [0.2, 0.25) is 5.91 Å². The fourth-order valence-corrected chi connectivity index (χ4v) is 1.66. The van der Waals surface area contributed by atoms with E-state index in [1.54, 1.807) is 0 Å². The minimum atomic E-state index is -0.0966. The SMILES string of the molecule is CCCNC(=O)CN(C)CCCC(C)(C)C(N)=S. The van der Waals surface area contributed by atoms with E-state index in [9.17, 15) is 4.79 Å². The Morgan fingerprint density at radius 2 is 2.06 bits per heavy atom. The summed E-state index contributed by atoms with van der Waals surface area (Å²) in [6.07, 6.45) is 2.91. The molecule has 0 spiro atoms. The molecule has 0 heterocycles. The fourth-order valence-electron chi connectivity index (χ4n) is 1.56. The number of thiocarbonyl (C=S) groups is 1. The summed E-state index contributed by atoms with van der Waals surface area (Å²) in [4.78, 5) is 14.1. The van der Waals surface area contributed by atoms with Gasteiger partial charge in [-0.25, -0.2) is 0 Å². The normalized spacial score (nSPS) is 11.6. The third-order valence-corrected chi connectivity index (χ3v) is 3.55. The molecule has 18 heavy (non-hydrogen) atoms. The van der Waals surface area contributed by atoms with Crippen molar-refractivity contribution in [2.45, 2.75) is 40.0 Å². The van der Waals surface area contributed by atoms with E-state index in [0.29, 0.717) is 11.5 Å². The average molecular weight is 273 g/mol. The summed E-state index contributed by atoms with van der Waals surface area (Å²) in [7, 11) is 1.96. The van der Waals surface area contributed by atoms with Gasteiger partial charge in [0, 0.05) is 12.0 Å². The summed E-state index contributed by atoms with van der Waals surface area (Å²) in [5.41, 5.74) is 5.58. The van der Waals surface area contributed by atoms with E-state index >= 15 is 0 Å². The lowest BCUT2D eigenvalue weighted by molar-refractivity contribution is -0.121. The monoisotopic (exact) mass is 273 g/mol. The highest BCUT2D eigenvalue weighted by atomic mass is 32.1. The highest BCUT2D eigenvalue weighted by Crippen LogP contribution is 2.22. The maximum Gasteiger partial charge on any atom is 0.234 e. The summed E-state index contributed by atoms with van der Waals surface area (Å²) in [6.45, 7) is 8.24. The van der Waals surface area contributed by atoms with Crippen molar-refractivity contribution in [2.75, 3.05) is 26.7 Å². The Hall–Kier alpha value is -0.680. The van der Waals surface area contributed by atoms with E-state index < -0.39 is 0 Å². The number of likely N-dealkylation sites (N-methyl/N-ethyl adjacent to an activating group) is 1. The van der Waals surface area contributed by atoms with Crippen LogP contribution in [0, 0.1) is 5.41 Å². The standard InChI is InChI=1S/C13H27N3OS/c1-5-8-15-11(17)10-16(4)9-6-7-13(2,3)12(14)18/h5-10H2,1-4H3,(H2,14,18)(H,15,17). The largest absolute Gasteiger partial charge is 0.393 e. The molecule has 106 valence electrons. The lowest BCUT2D eigenvalue weighted by Crippen LogP contribution is -2.36. The van der Waals surface area contributed by atoms with E-state index in [0.717, 1.165) is 32.4 Å². The Morgan fingerprint density at radius 1 is 1.44 bits per heavy atom. The second-order valence-electron chi connectivity index (χ2n) is 5.44. The van der Waals surface area contributed by atoms with Gasteiger partial charge in [0.15, 0.2) is 0 Å². The number of amides is 1. The van der Waals surface area contributed by atoms with Crippen LogP contribution in [-0.2, 0) is 4.79 Å². The molecule has 0 radical (unpaired) electrons. The van der Waals surface area contributed by atoms with Crippen molar-refractivity contribution in [1.82, 2.24) is 10.2 Å². The summed E-state index contributed by atoms with van der Waals surface area (Å²) >= 11 is 5.03. The molecule has 0 unspecified atom stereocenters. The summed E-state index contributed by atoms with van der Waals surface area (Å²) in [5.74, 6) is 0.0907. The minimum Gasteiger partial charge on any atom is -0.393 e. The number of nitrogens with two attached hydrogens (primary N) is 1. The van der Waals surface area contributed by atoms with Crippen LogP contribution in [0.4, 0.5) is 0 Å². The molecule has 0 rings (SSSR count). The van der Waals surface area contributed by atoms with Gasteiger partial charge in [-0.2, -0.15) is 0 Å². The van der Waals surface area contributed by atoms with Crippen molar-refractivity contribution in [2.24, 2.45) is 11.1 Å². The average Bonchev–Trinajstić information content (AvgIpc) is 2.25. The van der Waals surface area contributed by atoms with Gasteiger partial charge in [-0.15, -0.1) is 0 Å². The number of carbonyl (C=O) groups is 1. The molecule has 0 aromatic heterocycles. The van der Waals surface area contributed by atoms with Crippen molar-refractivity contribution in [3.63, 3.8) is 0 Å². The Labute approximate surface area is 116 Å². The zero-order valence-corrected chi connectivity index (χ0v) is 12.9. The molecule has 0 aliphatic carbocycles. The van der Waals surface area contributed by atoms with Crippen LogP contribution in [-0.4, -0.2) is 42.5 Å². The quantitative estimate of drug-likeness (QED) is 0.626. The number of nitrogens with zero attached hydrogens (tertiary/aromatic N) is 1. The van der Waals surface area contributed by atoms with E-state index in [1.165, 1.54) is 0 Å². The third-order valence-electron chi connectivity index (χ3n) is 2.99. The van der Waals surface area contributed by atoms with Crippen LogP contribution < -0.4 is 11.1 Å². The molecular formula is C13H27N3OS. The second kappa shape index (κ2) is 8.43. The van der Waals surface area contributed by atoms with Gasteiger partial charge in [0.25, 0.3) is 0 Å². The van der Waals surface area contributed by atoms with Gasteiger partial charge in [0.05, 0.1) is 11.5 Å². The first-order valence-corrected chi connectivity index (χ1v) is 6.95. The van der Waals surface area contributed by atoms with E-state index in [-0.39, 0.29) is 11.3 Å². The van der Waals surface area contributed by atoms with Crippen LogP contribution >= 0.6 is 12.2 Å². The van der Waals surface area contributed by atoms with E-state index in [1.807, 2.05) is 18.9 Å². The van der Waals surface area contributed by atoms with Crippen molar-refractivity contribution in [3.05, 3.63) is 0 Å². The Bertz CT molecular complexity index is 279. The number of carbonyl (C=O) groups excluding carboxylic acids is 1. The maximum absolute atomic E-state index is 11.5. The molecule has 0 fully saturated rings. The van der Waals surface area contributed by atoms with Crippen molar-refractivity contribution < 1.29 is 4.79 Å². The Morgan fingerprint density at radius 3 is 2.56 bits per heavy atom. The Balaban J connectivity index is 3.80. The van der Waals surface area contributed by atoms with Gasteiger partial charge in [-0.05, 0) is 32.9 Å². The summed E-state index contributed by atoms with van der Waals surface area (Å²) < 4.78 is 0. The van der Waals surface area contributed by atoms with Crippen molar-refractivity contribution in [1.29, 1.82) is 0 Å². The predicted octanol–water partition coefficient (Wildman–Crippen LogP) is 1.54. The first kappa shape index (κ1) is 17.3. The van der Waals surface area contributed by atoms with Crippen LogP contribution in [0.1, 0.15) is 40.0 Å². The van der Waals surface area contributed by atoms with Gasteiger partial charge >= 0.3 is 0 Å². The molecule has 1 amide bonds. The zero-order chi connectivity index (χ0) is 14.2. The van der Waals surface area contributed by atoms with E-state index in [2.05, 4.69) is 19.2 Å². The number of hydrogen-bond acceptors (Lipinski definition) is 3. The number of hydrogen-bond donors (Lipinski definition) is 2. The van der Waals surface area contributed by atoms with Crippen LogP contribution in [0.3, 0.4) is 0 Å². The zero-order valence-electron chi connectivity index (χ0n) is 12.1. The van der Waals surface area contributed by atoms with Gasteiger partial charge in [-0.3, -0.25) is 9.69 Å². The molecule has 0 aromatic carbocycles. The molecule has 0 saturated carbocycles. The van der Waals surface area contributed by atoms with Gasteiger partial charge < -0.3 is 11.1 Å². The van der Waals surface area contributed by atoms with Crippen LogP contribution in [0.5, 0.6) is 0 Å². The molecule has 0 aliphatic rings.